The molecule has 0 bridgehead atoms. The molecule has 0 spiro atoms. The molecule has 0 aliphatic heterocycles. The van der Waals surface area contributed by atoms with Crippen molar-refractivity contribution in [3.63, 3.8) is 0 Å². The van der Waals surface area contributed by atoms with Crippen LogP contribution in [0.3, 0.4) is 0 Å². The number of benzene rings is 1. The SMILES string of the molecule is Cc1noc(Cc2ccc(CNC(=O)OC(C)(C)C)cc2)n1. The van der Waals surface area contributed by atoms with Gasteiger partial charge in [-0.15, -0.1) is 0 Å². The Labute approximate surface area is 129 Å². The second-order valence-electron chi connectivity index (χ2n) is 6.08. The van der Waals surface area contributed by atoms with E-state index in [2.05, 4.69) is 15.5 Å². The highest BCUT2D eigenvalue weighted by Crippen LogP contribution is 2.10. The third-order valence-corrected chi connectivity index (χ3v) is 2.78. The molecule has 0 unspecified atom stereocenters. The first-order valence-electron chi connectivity index (χ1n) is 7.16. The first-order chi connectivity index (χ1) is 10.3. The molecule has 1 N–H and O–H groups in total. The van der Waals surface area contributed by atoms with Gasteiger partial charge in [0.25, 0.3) is 0 Å². The standard InChI is InChI=1S/C16H21N3O3/c1-11-18-14(22-19-11)9-12-5-7-13(8-6-12)10-17-15(20)21-16(2,3)4/h5-8H,9-10H2,1-4H3,(H,17,20). The number of carbonyl (C=O) groups is 1. The summed E-state index contributed by atoms with van der Waals surface area (Å²) in [5, 5.41) is 6.49. The highest BCUT2D eigenvalue weighted by Gasteiger charge is 2.15. The van der Waals surface area contributed by atoms with E-state index in [4.69, 9.17) is 9.26 Å². The van der Waals surface area contributed by atoms with Crippen molar-refractivity contribution in [2.45, 2.75) is 46.3 Å². The van der Waals surface area contributed by atoms with E-state index >= 15 is 0 Å². The predicted molar refractivity (Wildman–Crippen MR) is 81.4 cm³/mol. The number of rotatable bonds is 4. The van der Waals surface area contributed by atoms with Gasteiger partial charge in [0.15, 0.2) is 5.82 Å². The molecule has 0 aliphatic rings. The van der Waals surface area contributed by atoms with Crippen molar-refractivity contribution in [2.75, 3.05) is 0 Å². The number of carbonyl (C=O) groups excluding carboxylic acids is 1. The van der Waals surface area contributed by atoms with E-state index in [0.29, 0.717) is 24.7 Å². The van der Waals surface area contributed by atoms with Gasteiger partial charge >= 0.3 is 6.09 Å². The zero-order valence-corrected chi connectivity index (χ0v) is 13.3. The Bertz CT molecular complexity index is 627. The van der Waals surface area contributed by atoms with Crippen LogP contribution in [0.15, 0.2) is 28.8 Å². The first-order valence-corrected chi connectivity index (χ1v) is 7.16. The molecule has 1 heterocycles. The molecule has 0 radical (unpaired) electrons. The molecule has 6 nitrogen and oxygen atoms in total. The number of nitrogens with one attached hydrogen (secondary N) is 1. The maximum absolute atomic E-state index is 11.6. The monoisotopic (exact) mass is 303 g/mol. The lowest BCUT2D eigenvalue weighted by atomic mass is 10.1. The van der Waals surface area contributed by atoms with Crippen LogP contribution in [0.25, 0.3) is 0 Å². The molecular formula is C16H21N3O3. The molecule has 0 aliphatic carbocycles. The Balaban J connectivity index is 1.85. The van der Waals surface area contributed by atoms with Crippen LogP contribution < -0.4 is 5.32 Å². The summed E-state index contributed by atoms with van der Waals surface area (Å²) >= 11 is 0. The fourth-order valence-electron chi connectivity index (χ4n) is 1.85. The van der Waals surface area contributed by atoms with Crippen LogP contribution in [-0.4, -0.2) is 21.8 Å². The lowest BCUT2D eigenvalue weighted by Gasteiger charge is -2.19. The van der Waals surface area contributed by atoms with Gasteiger partial charge in [0.2, 0.25) is 5.89 Å². The maximum atomic E-state index is 11.6. The second-order valence-corrected chi connectivity index (χ2v) is 6.08. The average molecular weight is 303 g/mol. The lowest BCUT2D eigenvalue weighted by Crippen LogP contribution is -2.32. The van der Waals surface area contributed by atoms with Crippen LogP contribution in [0.5, 0.6) is 0 Å². The molecule has 1 aromatic carbocycles. The Morgan fingerprint density at radius 2 is 1.86 bits per heavy atom. The van der Waals surface area contributed by atoms with Gasteiger partial charge < -0.3 is 14.6 Å². The Kier molecular flexibility index (Phi) is 4.80. The largest absolute Gasteiger partial charge is 0.444 e. The molecule has 1 aromatic heterocycles. The third kappa shape index (κ3) is 5.20. The van der Waals surface area contributed by atoms with Crippen molar-refractivity contribution < 1.29 is 14.1 Å². The van der Waals surface area contributed by atoms with Gasteiger partial charge in [-0.25, -0.2) is 4.79 Å². The number of aryl methyl sites for hydroxylation is 1. The smallest absolute Gasteiger partial charge is 0.407 e. The zero-order valence-electron chi connectivity index (χ0n) is 13.3. The Morgan fingerprint density at radius 3 is 2.41 bits per heavy atom. The summed E-state index contributed by atoms with van der Waals surface area (Å²) in [5.41, 5.74) is 1.58. The van der Waals surface area contributed by atoms with Gasteiger partial charge in [0.1, 0.15) is 5.60 Å². The number of ether oxygens (including phenoxy) is 1. The Morgan fingerprint density at radius 1 is 1.23 bits per heavy atom. The second kappa shape index (κ2) is 6.60. The molecule has 2 aromatic rings. The van der Waals surface area contributed by atoms with E-state index < -0.39 is 11.7 Å². The van der Waals surface area contributed by atoms with Gasteiger partial charge in [-0.2, -0.15) is 4.98 Å². The fraction of sp³-hybridized carbons (Fsp3) is 0.438. The molecular weight excluding hydrogens is 282 g/mol. The maximum Gasteiger partial charge on any atom is 0.407 e. The molecule has 2 rings (SSSR count). The number of hydrogen-bond donors (Lipinski definition) is 1. The number of hydrogen-bond acceptors (Lipinski definition) is 5. The minimum Gasteiger partial charge on any atom is -0.444 e. The third-order valence-electron chi connectivity index (χ3n) is 2.78. The number of aromatic nitrogens is 2. The quantitative estimate of drug-likeness (QED) is 0.939. The molecule has 0 fully saturated rings. The highest BCUT2D eigenvalue weighted by atomic mass is 16.6. The van der Waals surface area contributed by atoms with Crippen LogP contribution in [0.2, 0.25) is 0 Å². The van der Waals surface area contributed by atoms with Crippen LogP contribution in [-0.2, 0) is 17.7 Å². The number of nitrogens with zero attached hydrogens (tertiary/aromatic N) is 2. The van der Waals surface area contributed by atoms with E-state index in [-0.39, 0.29) is 0 Å². The predicted octanol–water partition coefficient (Wildman–Crippen LogP) is 2.99. The van der Waals surface area contributed by atoms with E-state index in [1.165, 1.54) is 0 Å². The van der Waals surface area contributed by atoms with Crippen molar-refractivity contribution in [2.24, 2.45) is 0 Å². The average Bonchev–Trinajstić information content (AvgIpc) is 2.81. The topological polar surface area (TPSA) is 77.2 Å². The molecule has 0 saturated carbocycles. The summed E-state index contributed by atoms with van der Waals surface area (Å²) in [4.78, 5) is 15.8. The van der Waals surface area contributed by atoms with Crippen LogP contribution in [0, 0.1) is 6.92 Å². The van der Waals surface area contributed by atoms with Crippen molar-refractivity contribution in [3.05, 3.63) is 47.1 Å². The van der Waals surface area contributed by atoms with Gasteiger partial charge in [0.05, 0.1) is 6.42 Å². The minimum atomic E-state index is -0.490. The normalized spacial score (nSPS) is 11.3. The van der Waals surface area contributed by atoms with Gasteiger partial charge in [-0.3, -0.25) is 0 Å². The number of alkyl carbamates (subject to hydrolysis) is 1. The van der Waals surface area contributed by atoms with Gasteiger partial charge in [-0.1, -0.05) is 29.4 Å². The summed E-state index contributed by atoms with van der Waals surface area (Å²) < 4.78 is 10.3. The van der Waals surface area contributed by atoms with Gasteiger partial charge in [0, 0.05) is 6.54 Å². The molecule has 1 amide bonds. The van der Waals surface area contributed by atoms with Crippen molar-refractivity contribution >= 4 is 6.09 Å². The van der Waals surface area contributed by atoms with Crippen molar-refractivity contribution in [3.8, 4) is 0 Å². The van der Waals surface area contributed by atoms with Gasteiger partial charge in [-0.05, 0) is 38.8 Å². The van der Waals surface area contributed by atoms with Crippen LogP contribution in [0.1, 0.15) is 43.6 Å². The summed E-state index contributed by atoms with van der Waals surface area (Å²) in [6.07, 6.45) is 0.179. The minimum absolute atomic E-state index is 0.419. The lowest BCUT2D eigenvalue weighted by molar-refractivity contribution is 0.0523. The molecule has 0 saturated heterocycles. The molecule has 22 heavy (non-hydrogen) atoms. The molecule has 6 heteroatoms. The zero-order chi connectivity index (χ0) is 16.2. The summed E-state index contributed by atoms with van der Waals surface area (Å²) in [6, 6.07) is 7.86. The summed E-state index contributed by atoms with van der Waals surface area (Å²) in [6.45, 7) is 7.72. The van der Waals surface area contributed by atoms with Crippen molar-refractivity contribution in [1.29, 1.82) is 0 Å². The highest BCUT2D eigenvalue weighted by molar-refractivity contribution is 5.67. The summed E-state index contributed by atoms with van der Waals surface area (Å²) in [7, 11) is 0. The first kappa shape index (κ1) is 16.0. The van der Waals surface area contributed by atoms with E-state index in [1.807, 2.05) is 45.0 Å². The summed E-state index contributed by atoms with van der Waals surface area (Å²) in [5.74, 6) is 1.23. The van der Waals surface area contributed by atoms with E-state index in [1.54, 1.807) is 6.92 Å². The van der Waals surface area contributed by atoms with Crippen LogP contribution >= 0.6 is 0 Å². The van der Waals surface area contributed by atoms with Crippen molar-refractivity contribution in [1.82, 2.24) is 15.5 Å². The Hall–Kier alpha value is -2.37. The molecule has 0 atom stereocenters. The van der Waals surface area contributed by atoms with E-state index in [9.17, 15) is 4.79 Å². The van der Waals surface area contributed by atoms with Crippen LogP contribution in [0.4, 0.5) is 4.79 Å². The van der Waals surface area contributed by atoms with E-state index in [0.717, 1.165) is 11.1 Å². The molecule has 118 valence electrons. The fourth-order valence-corrected chi connectivity index (χ4v) is 1.85. The number of amides is 1.